The summed E-state index contributed by atoms with van der Waals surface area (Å²) in [5.74, 6) is 0.00707. The number of ether oxygens (including phenoxy) is 1. The largest absolute Gasteiger partial charge is 0.391 e. The van der Waals surface area contributed by atoms with E-state index in [1.165, 1.54) is 4.90 Å². The molecule has 2 N–H and O–H groups in total. The smallest absolute Gasteiger partial charge is 0.248 e. The fourth-order valence-corrected chi connectivity index (χ4v) is 4.54. The maximum Gasteiger partial charge on any atom is 0.248 e. The van der Waals surface area contributed by atoms with Gasteiger partial charge in [-0.05, 0) is 31.6 Å². The van der Waals surface area contributed by atoms with Gasteiger partial charge in [-0.3, -0.25) is 9.59 Å². The molecule has 1 aromatic rings. The van der Waals surface area contributed by atoms with Crippen LogP contribution in [0.15, 0.2) is 6.20 Å². The molecule has 0 spiro atoms. The third-order valence-electron chi connectivity index (χ3n) is 6.25. The molecule has 3 aliphatic rings. The van der Waals surface area contributed by atoms with Gasteiger partial charge in [0.15, 0.2) is 0 Å². The second-order valence-corrected chi connectivity index (χ2v) is 10.1. The normalized spacial score (nSPS) is 30.5. The number of likely N-dealkylation sites (tertiary alicyclic amines) is 1. The molecule has 3 fully saturated rings. The minimum Gasteiger partial charge on any atom is -0.391 e. The molecule has 30 heavy (non-hydrogen) atoms. The topological polar surface area (TPSA) is 110 Å². The Morgan fingerprint density at radius 3 is 2.63 bits per heavy atom. The van der Waals surface area contributed by atoms with E-state index in [-0.39, 0.29) is 36.9 Å². The minimum atomic E-state index is -0.721. The van der Waals surface area contributed by atoms with Gasteiger partial charge < -0.3 is 20.1 Å². The molecule has 5 atom stereocenters. The summed E-state index contributed by atoms with van der Waals surface area (Å²) in [6.45, 7) is 8.53. The highest BCUT2D eigenvalue weighted by molar-refractivity contribution is 5.90. The second kappa shape index (κ2) is 7.92. The van der Waals surface area contributed by atoms with E-state index >= 15 is 0 Å². The van der Waals surface area contributed by atoms with E-state index in [9.17, 15) is 14.7 Å². The van der Waals surface area contributed by atoms with Crippen LogP contribution in [0.1, 0.15) is 71.0 Å². The Morgan fingerprint density at radius 2 is 2.03 bits per heavy atom. The number of amides is 2. The highest BCUT2D eigenvalue weighted by atomic mass is 16.5. The molecule has 0 bridgehead atoms. The van der Waals surface area contributed by atoms with E-state index in [1.807, 2.05) is 33.9 Å². The molecule has 1 saturated carbocycles. The summed E-state index contributed by atoms with van der Waals surface area (Å²) < 4.78 is 7.17. The second-order valence-electron chi connectivity index (χ2n) is 10.1. The first-order chi connectivity index (χ1) is 14.1. The lowest BCUT2D eigenvalue weighted by Crippen LogP contribution is -2.52. The third kappa shape index (κ3) is 4.37. The van der Waals surface area contributed by atoms with Gasteiger partial charge in [-0.2, -0.15) is 0 Å². The van der Waals surface area contributed by atoms with Crippen LogP contribution in [0, 0.1) is 5.41 Å². The molecule has 2 amide bonds. The third-order valence-corrected chi connectivity index (χ3v) is 6.25. The quantitative estimate of drug-likeness (QED) is 0.737. The van der Waals surface area contributed by atoms with Gasteiger partial charge in [-0.15, -0.1) is 5.10 Å². The van der Waals surface area contributed by atoms with E-state index in [1.54, 1.807) is 4.68 Å². The Hall–Kier alpha value is -2.00. The minimum absolute atomic E-state index is 0.0583. The molecule has 0 aromatic carbocycles. The molecule has 166 valence electrons. The highest BCUT2D eigenvalue weighted by Gasteiger charge is 2.46. The van der Waals surface area contributed by atoms with Gasteiger partial charge in [0.2, 0.25) is 11.8 Å². The molecule has 1 aliphatic carbocycles. The van der Waals surface area contributed by atoms with Gasteiger partial charge in [0.25, 0.3) is 0 Å². The number of β-amino-alcohol motifs (C(OH)–C–C–N with tert-alkyl or cyclic N) is 1. The number of aliphatic hydroxyl groups is 1. The summed E-state index contributed by atoms with van der Waals surface area (Å²) >= 11 is 0. The average molecular weight is 420 g/mol. The van der Waals surface area contributed by atoms with Gasteiger partial charge in [-0.25, -0.2) is 4.68 Å². The molecule has 1 aromatic heterocycles. The molecule has 2 saturated heterocycles. The van der Waals surface area contributed by atoms with Crippen molar-refractivity contribution in [3.8, 4) is 0 Å². The Morgan fingerprint density at radius 1 is 1.30 bits per heavy atom. The van der Waals surface area contributed by atoms with E-state index in [0.29, 0.717) is 12.5 Å². The number of aliphatic hydroxyl groups excluding tert-OH is 1. The Bertz CT molecular complexity index is 800. The maximum absolute atomic E-state index is 13.7. The zero-order valence-corrected chi connectivity index (χ0v) is 18.2. The summed E-state index contributed by atoms with van der Waals surface area (Å²) in [5.41, 5.74) is 0.484. The summed E-state index contributed by atoms with van der Waals surface area (Å²) in [6, 6.07) is -1.36. The van der Waals surface area contributed by atoms with Gasteiger partial charge in [-0.1, -0.05) is 26.0 Å². The zero-order chi connectivity index (χ0) is 21.6. The van der Waals surface area contributed by atoms with Crippen LogP contribution in [0.3, 0.4) is 0 Å². The van der Waals surface area contributed by atoms with Crippen molar-refractivity contribution in [2.24, 2.45) is 5.41 Å². The van der Waals surface area contributed by atoms with Crippen molar-refractivity contribution in [1.82, 2.24) is 25.2 Å². The average Bonchev–Trinajstić information content (AvgIpc) is 3.05. The van der Waals surface area contributed by atoms with Crippen molar-refractivity contribution in [2.75, 3.05) is 13.2 Å². The van der Waals surface area contributed by atoms with Crippen molar-refractivity contribution < 1.29 is 19.4 Å². The summed E-state index contributed by atoms with van der Waals surface area (Å²) in [5, 5.41) is 21.8. The van der Waals surface area contributed by atoms with Crippen LogP contribution in [0.25, 0.3) is 0 Å². The zero-order valence-electron chi connectivity index (χ0n) is 18.2. The number of nitrogens with one attached hydrogen (secondary N) is 1. The number of carbonyl (C=O) groups is 2. The van der Waals surface area contributed by atoms with E-state index in [0.717, 1.165) is 25.0 Å². The summed E-state index contributed by atoms with van der Waals surface area (Å²) in [4.78, 5) is 28.2. The Kier molecular flexibility index (Phi) is 5.61. The first-order valence-corrected chi connectivity index (χ1v) is 11.0. The first kappa shape index (κ1) is 21.2. The predicted octanol–water partition coefficient (Wildman–Crippen LogP) is 0.998. The van der Waals surface area contributed by atoms with Crippen molar-refractivity contribution in [1.29, 1.82) is 0 Å². The van der Waals surface area contributed by atoms with Crippen LogP contribution < -0.4 is 5.32 Å². The number of nitrogens with zero attached hydrogens (tertiary/aromatic N) is 4. The number of hydrogen-bond acceptors (Lipinski definition) is 6. The summed E-state index contributed by atoms with van der Waals surface area (Å²) in [7, 11) is 0. The number of aromatic nitrogens is 3. The summed E-state index contributed by atoms with van der Waals surface area (Å²) in [6.07, 6.45) is 4.46. The van der Waals surface area contributed by atoms with Gasteiger partial charge >= 0.3 is 0 Å². The predicted molar refractivity (Wildman–Crippen MR) is 109 cm³/mol. The molecule has 3 heterocycles. The lowest BCUT2D eigenvalue weighted by Gasteiger charge is -2.34. The SMILES string of the molecule is CC1CC(NC(=O)[C@H]2C[C@H](O)CN2C(=O)[C@H](n2cc(C3CC3)nn2)C(C)(C)C)CO1. The van der Waals surface area contributed by atoms with Crippen LogP contribution in [-0.2, 0) is 14.3 Å². The fraction of sp³-hybridized carbons (Fsp3) is 0.810. The molecule has 2 aliphatic heterocycles. The lowest BCUT2D eigenvalue weighted by atomic mass is 9.85. The van der Waals surface area contributed by atoms with Crippen molar-refractivity contribution in [3.63, 3.8) is 0 Å². The standard InChI is InChI=1S/C21H33N5O4/c1-12-7-14(11-30-12)22-19(28)17-8-15(27)9-25(17)20(29)18(21(2,3)4)26-10-16(23-24-26)13-5-6-13/h10,12-15,17-18,27H,5-9,11H2,1-4H3,(H,22,28)/t12?,14?,15-,17+,18-/m0/s1. The monoisotopic (exact) mass is 419 g/mol. The molecule has 9 heteroatoms. The van der Waals surface area contributed by atoms with E-state index in [2.05, 4.69) is 15.6 Å². The van der Waals surface area contributed by atoms with E-state index < -0.39 is 23.6 Å². The van der Waals surface area contributed by atoms with E-state index in [4.69, 9.17) is 4.74 Å². The number of carbonyl (C=O) groups excluding carboxylic acids is 2. The van der Waals surface area contributed by atoms with Crippen LogP contribution in [-0.4, -0.2) is 74.3 Å². The molecule has 2 unspecified atom stereocenters. The van der Waals surface area contributed by atoms with Crippen LogP contribution in [0.5, 0.6) is 0 Å². The molecular formula is C21H33N5O4. The fourth-order valence-electron chi connectivity index (χ4n) is 4.54. The Balaban J connectivity index is 1.53. The van der Waals surface area contributed by atoms with Crippen LogP contribution in [0.2, 0.25) is 0 Å². The highest BCUT2D eigenvalue weighted by Crippen LogP contribution is 2.40. The maximum atomic E-state index is 13.7. The van der Waals surface area contributed by atoms with Gasteiger partial charge in [0.05, 0.1) is 30.6 Å². The Labute approximate surface area is 177 Å². The molecule has 0 radical (unpaired) electrons. The molecule has 4 rings (SSSR count). The van der Waals surface area contributed by atoms with Crippen molar-refractivity contribution in [3.05, 3.63) is 11.9 Å². The van der Waals surface area contributed by atoms with Crippen molar-refractivity contribution in [2.45, 2.75) is 89.6 Å². The van der Waals surface area contributed by atoms with Crippen LogP contribution >= 0.6 is 0 Å². The number of hydrogen-bond donors (Lipinski definition) is 2. The first-order valence-electron chi connectivity index (χ1n) is 11.0. The lowest BCUT2D eigenvalue weighted by molar-refractivity contribution is -0.144. The number of rotatable bonds is 5. The van der Waals surface area contributed by atoms with Gasteiger partial charge in [0, 0.05) is 25.1 Å². The van der Waals surface area contributed by atoms with Crippen molar-refractivity contribution >= 4 is 11.8 Å². The molecule has 9 nitrogen and oxygen atoms in total. The van der Waals surface area contributed by atoms with Crippen LogP contribution in [0.4, 0.5) is 0 Å². The molecular weight excluding hydrogens is 386 g/mol. The van der Waals surface area contributed by atoms with Gasteiger partial charge in [0.1, 0.15) is 12.1 Å².